The van der Waals surface area contributed by atoms with E-state index in [1.54, 1.807) is 6.07 Å². The van der Waals surface area contributed by atoms with Gasteiger partial charge in [0.25, 0.3) is 0 Å². The third-order valence-electron chi connectivity index (χ3n) is 2.98. The van der Waals surface area contributed by atoms with Gasteiger partial charge >= 0.3 is 0 Å². The minimum atomic E-state index is -0.00466. The summed E-state index contributed by atoms with van der Waals surface area (Å²) in [5.74, 6) is 0.549. The van der Waals surface area contributed by atoms with Gasteiger partial charge in [0.05, 0.1) is 23.3 Å². The lowest BCUT2D eigenvalue weighted by molar-refractivity contribution is -0.122. The molecule has 1 aromatic heterocycles. The number of carbonyl (C=O) groups is 1. The maximum Gasteiger partial charge on any atom is 0.221 e. The van der Waals surface area contributed by atoms with Crippen molar-refractivity contribution in [3.8, 4) is 0 Å². The first kappa shape index (κ1) is 22.5. The van der Waals surface area contributed by atoms with E-state index in [1.807, 2.05) is 0 Å². The molecular weight excluding hydrogens is 386 g/mol. The maximum atomic E-state index is 11.7. The Labute approximate surface area is 157 Å². The molecule has 0 radical (unpaired) electrons. The summed E-state index contributed by atoms with van der Waals surface area (Å²) in [5.41, 5.74) is 0. The van der Waals surface area contributed by atoms with Gasteiger partial charge in [-0.1, -0.05) is 23.2 Å². The van der Waals surface area contributed by atoms with Gasteiger partial charge in [-0.3, -0.25) is 4.79 Å². The molecule has 6 nitrogen and oxygen atoms in total. The second-order valence-electron chi connectivity index (χ2n) is 4.69. The molecule has 1 aliphatic rings. The normalized spacial score (nSPS) is 16.7. The van der Waals surface area contributed by atoms with E-state index in [0.29, 0.717) is 48.6 Å². The topological polar surface area (TPSA) is 75.3 Å². The number of morpholine rings is 1. The molecule has 1 saturated heterocycles. The highest BCUT2D eigenvalue weighted by Gasteiger charge is 2.16. The van der Waals surface area contributed by atoms with Crippen LogP contribution in [0.4, 0.5) is 5.82 Å². The quantitative estimate of drug-likeness (QED) is 0.632. The highest BCUT2D eigenvalue weighted by atomic mass is 35.5. The molecule has 1 fully saturated rings. The van der Waals surface area contributed by atoms with Crippen molar-refractivity contribution in [1.82, 2.24) is 15.6 Å². The van der Waals surface area contributed by atoms with Crippen LogP contribution in [0.3, 0.4) is 0 Å². The molecule has 23 heavy (non-hydrogen) atoms. The largest absolute Gasteiger partial charge is 0.378 e. The highest BCUT2D eigenvalue weighted by Crippen LogP contribution is 2.21. The van der Waals surface area contributed by atoms with E-state index in [-0.39, 0.29) is 36.8 Å². The zero-order valence-corrected chi connectivity index (χ0v) is 15.5. The summed E-state index contributed by atoms with van der Waals surface area (Å²) in [6.45, 7) is 3.11. The number of rotatable bonds is 6. The zero-order valence-electron chi connectivity index (χ0n) is 12.3. The average Bonchev–Trinajstić information content (AvgIpc) is 2.46. The van der Waals surface area contributed by atoms with Crippen LogP contribution in [0.15, 0.2) is 12.3 Å². The molecule has 0 bridgehead atoms. The second-order valence-corrected chi connectivity index (χ2v) is 5.53. The average molecular weight is 406 g/mol. The summed E-state index contributed by atoms with van der Waals surface area (Å²) < 4.78 is 5.30. The minimum Gasteiger partial charge on any atom is -0.378 e. The van der Waals surface area contributed by atoms with Crippen LogP contribution in [0.2, 0.25) is 10.0 Å². The summed E-state index contributed by atoms with van der Waals surface area (Å²) in [7, 11) is 0. The Balaban J connectivity index is 0.00000242. The Morgan fingerprint density at radius 1 is 1.39 bits per heavy atom. The van der Waals surface area contributed by atoms with Crippen LogP contribution in [0, 0.1) is 0 Å². The molecule has 10 heteroatoms. The zero-order chi connectivity index (χ0) is 15.1. The number of pyridine rings is 1. The Hall–Kier alpha value is -0.500. The number of halogens is 4. The van der Waals surface area contributed by atoms with Gasteiger partial charge < -0.3 is 20.7 Å². The van der Waals surface area contributed by atoms with Crippen molar-refractivity contribution >= 4 is 59.7 Å². The predicted molar refractivity (Wildman–Crippen MR) is 97.5 cm³/mol. The van der Waals surface area contributed by atoms with Crippen molar-refractivity contribution in [1.29, 1.82) is 0 Å². The first-order chi connectivity index (χ1) is 10.1. The fraction of sp³-hybridized carbons (Fsp3) is 0.538. The van der Waals surface area contributed by atoms with E-state index >= 15 is 0 Å². The van der Waals surface area contributed by atoms with E-state index in [2.05, 4.69) is 20.9 Å². The third kappa shape index (κ3) is 8.24. The molecule has 0 aliphatic carbocycles. The van der Waals surface area contributed by atoms with Crippen LogP contribution in [0.1, 0.15) is 6.42 Å². The molecule has 1 amide bonds. The van der Waals surface area contributed by atoms with Gasteiger partial charge in [0, 0.05) is 38.3 Å². The van der Waals surface area contributed by atoms with Crippen LogP contribution >= 0.6 is 48.0 Å². The first-order valence-corrected chi connectivity index (χ1v) is 7.53. The minimum absolute atomic E-state index is 0. The summed E-state index contributed by atoms with van der Waals surface area (Å²) in [4.78, 5) is 15.8. The SMILES string of the molecule is Cl.Cl.O=C(CC1COCCN1)NCCNc1ncc(Cl)cc1Cl. The van der Waals surface area contributed by atoms with Gasteiger partial charge in [-0.15, -0.1) is 24.8 Å². The lowest BCUT2D eigenvalue weighted by Crippen LogP contribution is -2.44. The lowest BCUT2D eigenvalue weighted by Gasteiger charge is -2.23. The van der Waals surface area contributed by atoms with E-state index in [0.717, 1.165) is 6.54 Å². The number of ether oxygens (including phenoxy) is 1. The van der Waals surface area contributed by atoms with Gasteiger partial charge in [0.1, 0.15) is 5.82 Å². The number of amides is 1. The van der Waals surface area contributed by atoms with Gasteiger partial charge in [-0.05, 0) is 6.07 Å². The number of carbonyl (C=O) groups excluding carboxylic acids is 1. The van der Waals surface area contributed by atoms with Crippen molar-refractivity contribution in [3.05, 3.63) is 22.3 Å². The molecule has 1 aromatic rings. The van der Waals surface area contributed by atoms with Gasteiger partial charge in [0.2, 0.25) is 5.91 Å². The molecule has 2 rings (SSSR count). The molecule has 1 aliphatic heterocycles. The fourth-order valence-electron chi connectivity index (χ4n) is 1.97. The molecule has 2 heterocycles. The number of hydrogen-bond donors (Lipinski definition) is 3. The summed E-state index contributed by atoms with van der Waals surface area (Å²) >= 11 is 11.7. The Morgan fingerprint density at radius 3 is 2.83 bits per heavy atom. The van der Waals surface area contributed by atoms with Crippen LogP contribution in [0.25, 0.3) is 0 Å². The van der Waals surface area contributed by atoms with Crippen LogP contribution in [0.5, 0.6) is 0 Å². The third-order valence-corrected chi connectivity index (χ3v) is 3.47. The number of aromatic nitrogens is 1. The molecule has 132 valence electrons. The molecule has 3 N–H and O–H groups in total. The first-order valence-electron chi connectivity index (χ1n) is 6.78. The maximum absolute atomic E-state index is 11.7. The Morgan fingerprint density at radius 2 is 2.17 bits per heavy atom. The molecule has 0 saturated carbocycles. The van der Waals surface area contributed by atoms with Gasteiger partial charge in [0.15, 0.2) is 0 Å². The molecule has 0 aromatic carbocycles. The standard InChI is InChI=1S/C13H18Cl2N4O2.2ClH/c14-9-5-11(15)13(19-7-9)18-2-1-17-12(20)6-10-8-21-4-3-16-10;;/h5,7,10,16H,1-4,6,8H2,(H,17,20)(H,18,19);2*1H. The van der Waals surface area contributed by atoms with Crippen molar-refractivity contribution < 1.29 is 9.53 Å². The Kier molecular flexibility index (Phi) is 11.7. The Bertz CT molecular complexity index is 487. The summed E-state index contributed by atoms with van der Waals surface area (Å²) in [6.07, 6.45) is 1.93. The van der Waals surface area contributed by atoms with E-state index in [1.165, 1.54) is 6.20 Å². The number of anilines is 1. The summed E-state index contributed by atoms with van der Waals surface area (Å²) in [5, 5.41) is 10.1. The second kappa shape index (κ2) is 11.9. The van der Waals surface area contributed by atoms with Crippen molar-refractivity contribution in [2.24, 2.45) is 0 Å². The van der Waals surface area contributed by atoms with Crippen molar-refractivity contribution in [2.45, 2.75) is 12.5 Å². The molecule has 1 unspecified atom stereocenters. The number of nitrogens with one attached hydrogen (secondary N) is 3. The monoisotopic (exact) mass is 404 g/mol. The smallest absolute Gasteiger partial charge is 0.221 e. The van der Waals surface area contributed by atoms with Crippen LogP contribution < -0.4 is 16.0 Å². The van der Waals surface area contributed by atoms with Gasteiger partial charge in [-0.2, -0.15) is 0 Å². The number of hydrogen-bond acceptors (Lipinski definition) is 5. The van der Waals surface area contributed by atoms with E-state index in [9.17, 15) is 4.79 Å². The highest BCUT2D eigenvalue weighted by molar-refractivity contribution is 6.35. The fourth-order valence-corrected chi connectivity index (χ4v) is 2.42. The van der Waals surface area contributed by atoms with Crippen LogP contribution in [-0.2, 0) is 9.53 Å². The predicted octanol–water partition coefficient (Wildman–Crippen LogP) is 2.14. The molecule has 0 spiro atoms. The van der Waals surface area contributed by atoms with Crippen molar-refractivity contribution in [3.63, 3.8) is 0 Å². The van der Waals surface area contributed by atoms with Crippen molar-refractivity contribution in [2.75, 3.05) is 38.2 Å². The lowest BCUT2D eigenvalue weighted by atomic mass is 10.2. The van der Waals surface area contributed by atoms with E-state index < -0.39 is 0 Å². The molecule has 1 atom stereocenters. The van der Waals surface area contributed by atoms with E-state index in [4.69, 9.17) is 27.9 Å². The number of nitrogens with zero attached hydrogens (tertiary/aromatic N) is 1. The molecular formula is C13H20Cl4N4O2. The summed E-state index contributed by atoms with van der Waals surface area (Å²) in [6, 6.07) is 1.71. The van der Waals surface area contributed by atoms with Gasteiger partial charge in [-0.25, -0.2) is 4.98 Å². The van der Waals surface area contributed by atoms with Crippen LogP contribution in [-0.4, -0.2) is 49.8 Å².